The summed E-state index contributed by atoms with van der Waals surface area (Å²) in [6.07, 6.45) is 1.03. The predicted octanol–water partition coefficient (Wildman–Crippen LogP) is 7.14. The van der Waals surface area contributed by atoms with Crippen molar-refractivity contribution in [1.82, 2.24) is 4.98 Å². The number of rotatable bonds is 8. The van der Waals surface area contributed by atoms with Gasteiger partial charge in [-0.1, -0.05) is 37.1 Å². The minimum absolute atomic E-state index is 0.0398. The van der Waals surface area contributed by atoms with E-state index in [4.69, 9.17) is 5.11 Å². The van der Waals surface area contributed by atoms with Gasteiger partial charge in [0.1, 0.15) is 5.82 Å². The Morgan fingerprint density at radius 1 is 1.08 bits per heavy atom. The number of aliphatic carboxylic acids is 1. The van der Waals surface area contributed by atoms with Crippen molar-refractivity contribution in [3.63, 3.8) is 0 Å². The first-order valence-corrected chi connectivity index (χ1v) is 12.5. The van der Waals surface area contributed by atoms with E-state index in [9.17, 15) is 22.8 Å². The molecular weight excluding hydrogens is 500 g/mol. The molecule has 1 amide bonds. The highest BCUT2D eigenvalue weighted by Gasteiger charge is 2.35. The number of nitrogens with zero attached hydrogens (tertiary/aromatic N) is 1. The number of nitrogens with one attached hydrogen (secondary N) is 1. The molecule has 3 aromatic rings. The van der Waals surface area contributed by atoms with Crippen molar-refractivity contribution in [1.29, 1.82) is 0 Å². The first kappa shape index (κ1) is 27.3. The maximum Gasteiger partial charge on any atom is 0.417 e. The van der Waals surface area contributed by atoms with Gasteiger partial charge in [-0.2, -0.15) is 13.2 Å². The lowest BCUT2D eigenvalue weighted by molar-refractivity contribution is -0.138. The molecule has 38 heavy (non-hydrogen) atoms. The van der Waals surface area contributed by atoms with E-state index in [0.717, 1.165) is 48.9 Å². The second-order valence-corrected chi connectivity index (χ2v) is 9.69. The number of hydrogen-bond donors (Lipinski definition) is 2. The molecule has 4 rings (SSSR count). The number of carboxylic acid groups (broad SMARTS) is 1. The average molecular weight is 529 g/mol. The summed E-state index contributed by atoms with van der Waals surface area (Å²) in [5, 5.41) is 11.9. The van der Waals surface area contributed by atoms with Gasteiger partial charge in [-0.25, -0.2) is 4.39 Å². The maximum atomic E-state index is 15.5. The van der Waals surface area contributed by atoms with Gasteiger partial charge >= 0.3 is 12.1 Å². The molecule has 1 heterocycles. The third-order valence-corrected chi connectivity index (χ3v) is 7.20. The van der Waals surface area contributed by atoms with Crippen LogP contribution >= 0.6 is 0 Å². The Hall–Kier alpha value is -3.75. The van der Waals surface area contributed by atoms with Crippen LogP contribution in [0.25, 0.3) is 11.1 Å². The largest absolute Gasteiger partial charge is 0.481 e. The van der Waals surface area contributed by atoms with Gasteiger partial charge in [-0.15, -0.1) is 0 Å². The summed E-state index contributed by atoms with van der Waals surface area (Å²) < 4.78 is 54.9. The van der Waals surface area contributed by atoms with E-state index >= 15 is 4.39 Å². The minimum atomic E-state index is -4.57. The van der Waals surface area contributed by atoms with E-state index < -0.39 is 29.4 Å². The standard InChI is InChI=1S/C29H28F4N2O3/c1-17-18(10-12-26(36)37)7-4-8-25(17)35-28(38)27(19-5-2-3-6-19)23-11-9-20(14-24(23)30)21-13-22(16-34-15-21)29(31,32)33/h4,7-9,11,13-16,19,27H,2-3,5-6,10,12H2,1H3,(H,35,38)(H,36,37)/t27-/m1/s1. The van der Waals surface area contributed by atoms with Gasteiger partial charge in [0, 0.05) is 35.6 Å². The number of carbonyl (C=O) groups is 2. The molecule has 0 saturated heterocycles. The number of alkyl halides is 3. The van der Waals surface area contributed by atoms with Gasteiger partial charge in [-0.3, -0.25) is 14.6 Å². The normalized spacial score (nSPS) is 14.9. The van der Waals surface area contributed by atoms with Crippen LogP contribution < -0.4 is 5.32 Å². The Labute approximate surface area is 217 Å². The number of aromatic nitrogens is 1. The highest BCUT2D eigenvalue weighted by atomic mass is 19.4. The second-order valence-electron chi connectivity index (χ2n) is 9.69. The molecule has 1 aromatic heterocycles. The van der Waals surface area contributed by atoms with Crippen molar-refractivity contribution in [3.05, 3.63) is 82.9 Å². The van der Waals surface area contributed by atoms with Crippen molar-refractivity contribution in [2.24, 2.45) is 5.92 Å². The molecule has 1 atom stereocenters. The number of amides is 1. The molecule has 1 fully saturated rings. The van der Waals surface area contributed by atoms with Crippen LogP contribution in [0.5, 0.6) is 0 Å². The molecule has 5 nitrogen and oxygen atoms in total. The molecule has 200 valence electrons. The lowest BCUT2D eigenvalue weighted by Crippen LogP contribution is -2.27. The number of pyridine rings is 1. The SMILES string of the molecule is Cc1c(CCC(=O)O)cccc1NC(=O)[C@@H](c1ccc(-c2cncc(C(F)(F)F)c2)cc1F)C1CCCC1. The molecule has 1 aliphatic rings. The third kappa shape index (κ3) is 6.20. The molecule has 0 spiro atoms. The van der Waals surface area contributed by atoms with Crippen LogP contribution in [0.1, 0.15) is 60.3 Å². The zero-order valence-electron chi connectivity index (χ0n) is 20.8. The number of halogens is 4. The topological polar surface area (TPSA) is 79.3 Å². The molecule has 1 saturated carbocycles. The number of carboxylic acids is 1. The van der Waals surface area contributed by atoms with Gasteiger partial charge in [0.2, 0.25) is 5.91 Å². The van der Waals surface area contributed by atoms with Crippen LogP contribution in [0, 0.1) is 18.7 Å². The molecule has 1 aliphatic carbocycles. The summed E-state index contributed by atoms with van der Waals surface area (Å²) in [6, 6.07) is 10.3. The van der Waals surface area contributed by atoms with Crippen molar-refractivity contribution >= 4 is 17.6 Å². The van der Waals surface area contributed by atoms with Gasteiger partial charge < -0.3 is 10.4 Å². The Kier molecular flexibility index (Phi) is 8.14. The Morgan fingerprint density at radius 3 is 2.47 bits per heavy atom. The maximum absolute atomic E-state index is 15.5. The molecule has 0 unspecified atom stereocenters. The number of hydrogen-bond acceptors (Lipinski definition) is 3. The molecule has 0 aliphatic heterocycles. The van der Waals surface area contributed by atoms with E-state index in [1.807, 2.05) is 6.07 Å². The first-order chi connectivity index (χ1) is 18.0. The fraction of sp³-hybridized carbons (Fsp3) is 0.345. The van der Waals surface area contributed by atoms with Crippen LogP contribution in [0.4, 0.5) is 23.2 Å². The smallest absolute Gasteiger partial charge is 0.417 e. The summed E-state index contributed by atoms with van der Waals surface area (Å²) in [7, 11) is 0. The van der Waals surface area contributed by atoms with Crippen LogP contribution in [-0.4, -0.2) is 22.0 Å². The van der Waals surface area contributed by atoms with Crippen molar-refractivity contribution < 1.29 is 32.3 Å². The molecule has 0 radical (unpaired) electrons. The monoisotopic (exact) mass is 528 g/mol. The van der Waals surface area contributed by atoms with E-state index in [-0.39, 0.29) is 34.9 Å². The average Bonchev–Trinajstić information content (AvgIpc) is 3.39. The van der Waals surface area contributed by atoms with Gasteiger partial charge in [0.25, 0.3) is 0 Å². The quantitative estimate of drug-likeness (QED) is 0.305. The van der Waals surface area contributed by atoms with Crippen LogP contribution in [0.15, 0.2) is 54.9 Å². The number of benzene rings is 2. The van der Waals surface area contributed by atoms with E-state index in [1.54, 1.807) is 19.1 Å². The first-order valence-electron chi connectivity index (χ1n) is 12.5. The molecule has 0 bridgehead atoms. The van der Waals surface area contributed by atoms with Gasteiger partial charge in [-0.05, 0) is 67.0 Å². The molecular formula is C29H28F4N2O3. The zero-order valence-corrected chi connectivity index (χ0v) is 20.8. The molecule has 2 N–H and O–H groups in total. The molecule has 9 heteroatoms. The third-order valence-electron chi connectivity index (χ3n) is 7.20. The van der Waals surface area contributed by atoms with Crippen LogP contribution in [-0.2, 0) is 22.2 Å². The Bertz CT molecular complexity index is 1330. The summed E-state index contributed by atoms with van der Waals surface area (Å²) in [5.41, 5.74) is 1.71. The highest BCUT2D eigenvalue weighted by molar-refractivity contribution is 5.97. The van der Waals surface area contributed by atoms with Crippen LogP contribution in [0.3, 0.4) is 0 Å². The summed E-state index contributed by atoms with van der Waals surface area (Å²) in [6.45, 7) is 1.80. The number of aryl methyl sites for hydroxylation is 1. The molecule has 2 aromatic carbocycles. The van der Waals surface area contributed by atoms with Crippen molar-refractivity contribution in [2.75, 3.05) is 5.32 Å². The van der Waals surface area contributed by atoms with E-state index in [1.165, 1.54) is 18.3 Å². The summed E-state index contributed by atoms with van der Waals surface area (Å²) >= 11 is 0. The lowest BCUT2D eigenvalue weighted by atomic mass is 9.83. The summed E-state index contributed by atoms with van der Waals surface area (Å²) in [4.78, 5) is 28.2. The number of anilines is 1. The lowest BCUT2D eigenvalue weighted by Gasteiger charge is -2.25. The predicted molar refractivity (Wildman–Crippen MR) is 135 cm³/mol. The van der Waals surface area contributed by atoms with Crippen molar-refractivity contribution in [3.8, 4) is 11.1 Å². The Morgan fingerprint density at radius 2 is 1.82 bits per heavy atom. The minimum Gasteiger partial charge on any atom is -0.481 e. The Balaban J connectivity index is 1.63. The zero-order chi connectivity index (χ0) is 27.4. The number of carbonyl (C=O) groups excluding carboxylic acids is 1. The van der Waals surface area contributed by atoms with Gasteiger partial charge in [0.05, 0.1) is 11.5 Å². The van der Waals surface area contributed by atoms with Gasteiger partial charge in [0.15, 0.2) is 0 Å². The fourth-order valence-electron chi connectivity index (χ4n) is 5.15. The van der Waals surface area contributed by atoms with Crippen molar-refractivity contribution in [2.45, 2.75) is 57.5 Å². The van der Waals surface area contributed by atoms with E-state index in [2.05, 4.69) is 10.3 Å². The van der Waals surface area contributed by atoms with Crippen LogP contribution in [0.2, 0.25) is 0 Å². The fourth-order valence-corrected chi connectivity index (χ4v) is 5.15. The highest BCUT2D eigenvalue weighted by Crippen LogP contribution is 2.40. The second kappa shape index (κ2) is 11.3. The van der Waals surface area contributed by atoms with E-state index in [0.29, 0.717) is 18.3 Å². The summed E-state index contributed by atoms with van der Waals surface area (Å²) in [5.74, 6) is -2.82.